The van der Waals surface area contributed by atoms with Gasteiger partial charge in [0.05, 0.1) is 0 Å². The Morgan fingerprint density at radius 1 is 0.833 bits per heavy atom. The number of phenols is 1. The number of nitrogen functional groups attached to an aromatic ring is 1. The number of phenolic OH excluding ortho intramolecular Hbond substituents is 1. The Labute approximate surface area is 134 Å². The van der Waals surface area contributed by atoms with E-state index in [0.717, 1.165) is 0 Å². The normalized spacial score (nSPS) is 9.54. The van der Waals surface area contributed by atoms with Crippen molar-refractivity contribution >= 4 is 16.7 Å². The molecular formula is C16H14N2O6. The van der Waals surface area contributed by atoms with Crippen LogP contribution in [0.5, 0.6) is 5.75 Å². The van der Waals surface area contributed by atoms with Gasteiger partial charge in [0.2, 0.25) is 10.9 Å². The molecule has 3 aromatic rings. The monoisotopic (exact) mass is 330 g/mol. The summed E-state index contributed by atoms with van der Waals surface area (Å²) in [5.74, 6) is 4.63. The van der Waals surface area contributed by atoms with E-state index in [-0.39, 0.29) is 27.9 Å². The van der Waals surface area contributed by atoms with Gasteiger partial charge in [0, 0.05) is 16.3 Å². The maximum absolute atomic E-state index is 11.0. The Kier molecular flexibility index (Phi) is 6.05. The highest BCUT2D eigenvalue weighted by molar-refractivity contribution is 5.93. The second-order valence-corrected chi connectivity index (χ2v) is 4.55. The van der Waals surface area contributed by atoms with Crippen LogP contribution in [-0.2, 0) is 0 Å². The van der Waals surface area contributed by atoms with Crippen LogP contribution in [0, 0.1) is 0 Å². The van der Waals surface area contributed by atoms with E-state index >= 15 is 0 Å². The fourth-order valence-corrected chi connectivity index (χ4v) is 1.92. The predicted octanol–water partition coefficient (Wildman–Crippen LogP) is -1.03. The molecule has 24 heavy (non-hydrogen) atoms. The molecule has 0 radical (unpaired) electrons. The second-order valence-electron chi connectivity index (χ2n) is 4.55. The zero-order valence-electron chi connectivity index (χ0n) is 12.3. The van der Waals surface area contributed by atoms with Crippen LogP contribution in [0.25, 0.3) is 10.8 Å². The number of carbonyl (C=O) groups is 1. The van der Waals surface area contributed by atoms with Crippen molar-refractivity contribution in [2.45, 2.75) is 0 Å². The number of hydrazine groups is 1. The van der Waals surface area contributed by atoms with Crippen LogP contribution in [0.4, 0.5) is 0 Å². The molecule has 1 amide bonds. The third-order valence-corrected chi connectivity index (χ3v) is 3.09. The molecule has 0 aliphatic rings. The van der Waals surface area contributed by atoms with Crippen LogP contribution in [0.15, 0.2) is 62.9 Å². The van der Waals surface area contributed by atoms with E-state index in [9.17, 15) is 19.2 Å². The van der Waals surface area contributed by atoms with Gasteiger partial charge >= 0.3 is 0 Å². The summed E-state index contributed by atoms with van der Waals surface area (Å²) in [5.41, 5.74) is 0.112. The molecule has 0 aromatic heterocycles. The van der Waals surface area contributed by atoms with Crippen LogP contribution >= 0.6 is 0 Å². The number of fused-ring (bicyclic) bond motifs is 1. The summed E-state index contributed by atoms with van der Waals surface area (Å²) < 4.78 is 0. The van der Waals surface area contributed by atoms with E-state index in [1.807, 2.05) is 5.43 Å². The van der Waals surface area contributed by atoms with Gasteiger partial charge in [-0.25, -0.2) is 5.84 Å². The molecule has 0 fully saturated rings. The summed E-state index contributed by atoms with van der Waals surface area (Å²) in [6.45, 7) is 0. The number of nitrogens with one attached hydrogen (secondary N) is 1. The molecule has 8 heteroatoms. The minimum Gasteiger partial charge on any atom is -0.508 e. The number of aromatic hydroxyl groups is 1. The van der Waals surface area contributed by atoms with E-state index in [1.165, 1.54) is 36.4 Å². The first-order valence-corrected chi connectivity index (χ1v) is 6.48. The maximum atomic E-state index is 11.0. The first-order chi connectivity index (χ1) is 11.0. The fraction of sp³-hybridized carbons (Fsp3) is 0. The van der Waals surface area contributed by atoms with E-state index < -0.39 is 16.3 Å². The van der Waals surface area contributed by atoms with E-state index in [1.54, 1.807) is 12.1 Å². The summed E-state index contributed by atoms with van der Waals surface area (Å²) in [7, 11) is 0. The quantitative estimate of drug-likeness (QED) is 0.224. The van der Waals surface area contributed by atoms with Crippen molar-refractivity contribution in [2.75, 3.05) is 0 Å². The lowest BCUT2D eigenvalue weighted by Crippen LogP contribution is -2.29. The minimum atomic E-state index is -0.920. The summed E-state index contributed by atoms with van der Waals surface area (Å²) in [5, 5.41) is 9.31. The maximum Gasteiger partial charge on any atom is 0.273 e. The Balaban J connectivity index is 0.000000232. The van der Waals surface area contributed by atoms with E-state index in [2.05, 4.69) is 0 Å². The Bertz CT molecular complexity index is 938. The third-order valence-electron chi connectivity index (χ3n) is 3.09. The molecule has 3 rings (SSSR count). The number of benzene rings is 2. The van der Waals surface area contributed by atoms with Crippen LogP contribution in [-0.4, -0.2) is 16.5 Å². The zero-order chi connectivity index (χ0) is 17.0. The SMILES string of the molecule is NNC(=O)c1ccc(O)cc1.O.O=c1c(=O)c2ccccc2c1=O. The van der Waals surface area contributed by atoms with Gasteiger partial charge in [0.15, 0.2) is 0 Å². The lowest BCUT2D eigenvalue weighted by Gasteiger charge is -1.97. The lowest BCUT2D eigenvalue weighted by molar-refractivity contribution is 0.0953. The average molecular weight is 330 g/mol. The van der Waals surface area contributed by atoms with Gasteiger partial charge in [0.1, 0.15) is 5.75 Å². The summed E-state index contributed by atoms with van der Waals surface area (Å²) in [6, 6.07) is 12.0. The molecule has 0 aliphatic heterocycles. The highest BCUT2D eigenvalue weighted by Gasteiger charge is 2.09. The number of carbonyl (C=O) groups excluding carboxylic acids is 1. The molecule has 0 spiro atoms. The molecule has 3 aromatic carbocycles. The van der Waals surface area contributed by atoms with Gasteiger partial charge in [-0.3, -0.25) is 24.6 Å². The van der Waals surface area contributed by atoms with Crippen LogP contribution < -0.4 is 27.6 Å². The van der Waals surface area contributed by atoms with Gasteiger partial charge in [-0.05, 0) is 24.3 Å². The molecule has 0 bridgehead atoms. The van der Waals surface area contributed by atoms with E-state index in [0.29, 0.717) is 5.56 Å². The molecule has 0 saturated carbocycles. The number of amides is 1. The molecular weight excluding hydrogens is 316 g/mol. The fourth-order valence-electron chi connectivity index (χ4n) is 1.92. The highest BCUT2D eigenvalue weighted by Crippen LogP contribution is 2.08. The molecule has 0 saturated heterocycles. The molecule has 124 valence electrons. The first-order valence-electron chi connectivity index (χ1n) is 6.48. The zero-order valence-corrected chi connectivity index (χ0v) is 12.3. The molecule has 6 N–H and O–H groups in total. The van der Waals surface area contributed by atoms with E-state index in [4.69, 9.17) is 10.9 Å². The van der Waals surface area contributed by atoms with Crippen LogP contribution in [0.3, 0.4) is 0 Å². The first kappa shape index (κ1) is 18.7. The largest absolute Gasteiger partial charge is 0.508 e. The molecule has 0 heterocycles. The number of hydrogen-bond acceptors (Lipinski definition) is 6. The Morgan fingerprint density at radius 3 is 1.71 bits per heavy atom. The highest BCUT2D eigenvalue weighted by atomic mass is 16.3. The third kappa shape index (κ3) is 3.69. The van der Waals surface area contributed by atoms with Crippen molar-refractivity contribution in [3.63, 3.8) is 0 Å². The second kappa shape index (κ2) is 7.77. The van der Waals surface area contributed by atoms with Gasteiger partial charge in [-0.1, -0.05) is 24.3 Å². The molecule has 0 atom stereocenters. The van der Waals surface area contributed by atoms with Gasteiger partial charge in [0.25, 0.3) is 11.3 Å². The Morgan fingerprint density at radius 2 is 1.29 bits per heavy atom. The number of rotatable bonds is 1. The van der Waals surface area contributed by atoms with Gasteiger partial charge in [-0.2, -0.15) is 0 Å². The molecule has 0 unspecified atom stereocenters. The molecule has 8 nitrogen and oxygen atoms in total. The van der Waals surface area contributed by atoms with Crippen molar-refractivity contribution in [1.82, 2.24) is 5.43 Å². The number of hydrogen-bond donors (Lipinski definition) is 3. The number of nitrogens with two attached hydrogens (primary N) is 1. The smallest absolute Gasteiger partial charge is 0.273 e. The van der Waals surface area contributed by atoms with Crippen molar-refractivity contribution in [2.24, 2.45) is 5.84 Å². The Hall–Kier alpha value is -3.36. The van der Waals surface area contributed by atoms with Crippen molar-refractivity contribution in [3.8, 4) is 5.75 Å². The van der Waals surface area contributed by atoms with Crippen molar-refractivity contribution < 1.29 is 15.4 Å². The molecule has 0 aliphatic carbocycles. The minimum absolute atomic E-state index is 0. The van der Waals surface area contributed by atoms with Gasteiger partial charge < -0.3 is 10.6 Å². The topological polar surface area (TPSA) is 158 Å². The average Bonchev–Trinajstić information content (AvgIpc) is 2.80. The summed E-state index contributed by atoms with van der Waals surface area (Å²) >= 11 is 0. The predicted molar refractivity (Wildman–Crippen MR) is 88.5 cm³/mol. The van der Waals surface area contributed by atoms with Crippen LogP contribution in [0.1, 0.15) is 10.4 Å². The van der Waals surface area contributed by atoms with Crippen LogP contribution in [0.2, 0.25) is 0 Å². The lowest BCUT2D eigenvalue weighted by atomic mass is 10.2. The van der Waals surface area contributed by atoms with Crippen molar-refractivity contribution in [3.05, 3.63) is 84.8 Å². The van der Waals surface area contributed by atoms with Crippen molar-refractivity contribution in [1.29, 1.82) is 0 Å². The summed E-state index contributed by atoms with van der Waals surface area (Å²) in [4.78, 5) is 43.7. The van der Waals surface area contributed by atoms with Gasteiger partial charge in [-0.15, -0.1) is 0 Å². The summed E-state index contributed by atoms with van der Waals surface area (Å²) in [6.07, 6.45) is 0. The standard InChI is InChI=1S/C9H4O3.C7H8N2O2.H2O/c10-7-5-3-1-2-4-6(5)8(11)9(7)12;8-9-7(11)5-1-3-6(10)4-2-5;/h1-4H;1-4,10H,8H2,(H,9,11);1H2.